The summed E-state index contributed by atoms with van der Waals surface area (Å²) in [6.07, 6.45) is 0. The number of rotatable bonds is 3. The maximum absolute atomic E-state index is 12.1. The number of hydrogen-bond acceptors (Lipinski definition) is 3. The van der Waals surface area contributed by atoms with Crippen LogP contribution in [0.1, 0.15) is 0 Å². The molecule has 0 heterocycles. The van der Waals surface area contributed by atoms with Crippen LogP contribution >= 0.6 is 0 Å². The number of carbonyl (C=O) groups is 1. The second-order valence-corrected chi connectivity index (χ2v) is 4.21. The Morgan fingerprint density at radius 3 is 2.55 bits per heavy atom. The molecule has 0 aliphatic carbocycles. The Morgan fingerprint density at radius 2 is 1.90 bits per heavy atom. The summed E-state index contributed by atoms with van der Waals surface area (Å²) in [4.78, 5) is 13.6. The molecule has 0 bridgehead atoms. The van der Waals surface area contributed by atoms with Crippen molar-refractivity contribution >= 4 is 17.4 Å². The summed E-state index contributed by atoms with van der Waals surface area (Å²) in [6.45, 7) is 0. The number of phenolic OH excluding ortho intramolecular Hbond substituents is 1. The monoisotopic (exact) mass is 272 g/mol. The number of carbonyl (C=O) groups excluding carboxylic acids is 1. The standard InChI is InChI=1S/C15H16N2O3/c1-17(11-6-4-3-5-7-11)15(19)16-13-10-12(20-2)8-9-14(13)18/h3-10,18H,1-2H3,(H,16,19). The lowest BCUT2D eigenvalue weighted by Crippen LogP contribution is -2.31. The lowest BCUT2D eigenvalue weighted by Gasteiger charge is -2.18. The van der Waals surface area contributed by atoms with E-state index >= 15 is 0 Å². The summed E-state index contributed by atoms with van der Waals surface area (Å²) in [5, 5.41) is 12.4. The molecule has 2 amide bonds. The number of para-hydroxylation sites is 1. The van der Waals surface area contributed by atoms with Crippen LogP contribution in [0.2, 0.25) is 0 Å². The Morgan fingerprint density at radius 1 is 1.20 bits per heavy atom. The van der Waals surface area contributed by atoms with Crippen molar-refractivity contribution in [1.29, 1.82) is 0 Å². The fourth-order valence-corrected chi connectivity index (χ4v) is 1.71. The molecular formula is C15H16N2O3. The average Bonchev–Trinajstić information content (AvgIpc) is 2.49. The maximum Gasteiger partial charge on any atom is 0.326 e. The quantitative estimate of drug-likeness (QED) is 0.844. The van der Waals surface area contributed by atoms with Gasteiger partial charge in [0.2, 0.25) is 0 Å². The molecule has 5 heteroatoms. The highest BCUT2D eigenvalue weighted by molar-refractivity contribution is 6.02. The number of urea groups is 1. The Balaban J connectivity index is 2.15. The molecule has 2 aromatic carbocycles. The molecule has 0 aromatic heterocycles. The van der Waals surface area contributed by atoms with Crippen LogP contribution in [0.4, 0.5) is 16.2 Å². The van der Waals surface area contributed by atoms with E-state index in [4.69, 9.17) is 4.74 Å². The highest BCUT2D eigenvalue weighted by atomic mass is 16.5. The van der Waals surface area contributed by atoms with Crippen molar-refractivity contribution in [2.24, 2.45) is 0 Å². The van der Waals surface area contributed by atoms with Gasteiger partial charge < -0.3 is 15.2 Å². The smallest absolute Gasteiger partial charge is 0.326 e. The molecule has 0 radical (unpaired) electrons. The van der Waals surface area contributed by atoms with Crippen LogP contribution in [0.3, 0.4) is 0 Å². The van der Waals surface area contributed by atoms with Gasteiger partial charge in [0.25, 0.3) is 0 Å². The van der Waals surface area contributed by atoms with Gasteiger partial charge in [0.05, 0.1) is 12.8 Å². The first kappa shape index (κ1) is 13.7. The van der Waals surface area contributed by atoms with Gasteiger partial charge in [-0.15, -0.1) is 0 Å². The molecule has 20 heavy (non-hydrogen) atoms. The van der Waals surface area contributed by atoms with E-state index in [-0.39, 0.29) is 11.8 Å². The van der Waals surface area contributed by atoms with Crippen molar-refractivity contribution in [2.75, 3.05) is 24.4 Å². The molecule has 0 fully saturated rings. The summed E-state index contributed by atoms with van der Waals surface area (Å²) < 4.78 is 5.06. The Kier molecular flexibility index (Phi) is 4.10. The minimum Gasteiger partial charge on any atom is -0.506 e. The number of amides is 2. The molecule has 104 valence electrons. The first-order valence-corrected chi connectivity index (χ1v) is 6.08. The predicted octanol–water partition coefficient (Wildman–Crippen LogP) is 3.07. The molecule has 0 saturated carbocycles. The molecule has 5 nitrogen and oxygen atoms in total. The Hall–Kier alpha value is -2.69. The third-order valence-corrected chi connectivity index (χ3v) is 2.89. The third kappa shape index (κ3) is 3.00. The lowest BCUT2D eigenvalue weighted by atomic mass is 10.2. The molecule has 2 N–H and O–H groups in total. The van der Waals surface area contributed by atoms with E-state index in [1.165, 1.54) is 18.1 Å². The van der Waals surface area contributed by atoms with Crippen molar-refractivity contribution in [2.45, 2.75) is 0 Å². The van der Waals surface area contributed by atoms with E-state index in [1.807, 2.05) is 30.3 Å². The van der Waals surface area contributed by atoms with E-state index < -0.39 is 0 Å². The molecule has 2 rings (SSSR count). The number of nitrogens with one attached hydrogen (secondary N) is 1. The number of nitrogens with zero attached hydrogens (tertiary/aromatic N) is 1. The summed E-state index contributed by atoms with van der Waals surface area (Å²) >= 11 is 0. The summed E-state index contributed by atoms with van der Waals surface area (Å²) in [6, 6.07) is 13.5. The topological polar surface area (TPSA) is 61.8 Å². The van der Waals surface area contributed by atoms with E-state index in [1.54, 1.807) is 19.2 Å². The number of benzene rings is 2. The van der Waals surface area contributed by atoms with Crippen molar-refractivity contribution in [1.82, 2.24) is 0 Å². The molecule has 0 aliphatic rings. The summed E-state index contributed by atoms with van der Waals surface area (Å²) in [5.74, 6) is 0.543. The second kappa shape index (κ2) is 5.97. The van der Waals surface area contributed by atoms with Crippen LogP contribution in [-0.4, -0.2) is 25.3 Å². The van der Waals surface area contributed by atoms with E-state index in [0.29, 0.717) is 11.4 Å². The van der Waals surface area contributed by atoms with Gasteiger partial charge >= 0.3 is 6.03 Å². The van der Waals surface area contributed by atoms with Gasteiger partial charge in [-0.2, -0.15) is 0 Å². The third-order valence-electron chi connectivity index (χ3n) is 2.89. The van der Waals surface area contributed by atoms with Crippen molar-refractivity contribution < 1.29 is 14.6 Å². The molecule has 0 aliphatic heterocycles. The van der Waals surface area contributed by atoms with Gasteiger partial charge in [-0.1, -0.05) is 18.2 Å². The van der Waals surface area contributed by atoms with Crippen molar-refractivity contribution in [3.05, 3.63) is 48.5 Å². The zero-order chi connectivity index (χ0) is 14.5. The average molecular weight is 272 g/mol. The molecule has 0 atom stereocenters. The first-order chi connectivity index (χ1) is 9.61. The van der Waals surface area contributed by atoms with Crippen LogP contribution in [0, 0.1) is 0 Å². The van der Waals surface area contributed by atoms with Gasteiger partial charge in [-0.05, 0) is 24.3 Å². The highest BCUT2D eigenvalue weighted by Gasteiger charge is 2.13. The minimum absolute atomic E-state index is 0.0133. The Labute approximate surface area is 117 Å². The van der Waals surface area contributed by atoms with E-state index in [2.05, 4.69) is 5.32 Å². The number of hydrogen-bond donors (Lipinski definition) is 2. The molecule has 0 unspecified atom stereocenters. The normalized spacial score (nSPS) is 9.90. The number of aromatic hydroxyl groups is 1. The number of methoxy groups -OCH3 is 1. The highest BCUT2D eigenvalue weighted by Crippen LogP contribution is 2.28. The lowest BCUT2D eigenvalue weighted by molar-refractivity contribution is 0.258. The SMILES string of the molecule is COc1ccc(O)c(NC(=O)N(C)c2ccccc2)c1. The zero-order valence-corrected chi connectivity index (χ0v) is 11.3. The number of phenols is 1. The van der Waals surface area contributed by atoms with E-state index in [0.717, 1.165) is 5.69 Å². The molecular weight excluding hydrogens is 256 g/mol. The largest absolute Gasteiger partial charge is 0.506 e. The van der Waals surface area contributed by atoms with Crippen LogP contribution in [-0.2, 0) is 0 Å². The predicted molar refractivity (Wildman–Crippen MR) is 78.5 cm³/mol. The van der Waals surface area contributed by atoms with Gasteiger partial charge in [0, 0.05) is 18.8 Å². The van der Waals surface area contributed by atoms with Crippen LogP contribution in [0.15, 0.2) is 48.5 Å². The van der Waals surface area contributed by atoms with Crippen LogP contribution in [0.25, 0.3) is 0 Å². The van der Waals surface area contributed by atoms with Gasteiger partial charge in [0.15, 0.2) is 0 Å². The van der Waals surface area contributed by atoms with Gasteiger partial charge in [-0.25, -0.2) is 4.79 Å². The molecule has 2 aromatic rings. The summed E-state index contributed by atoms with van der Waals surface area (Å²) in [7, 11) is 3.18. The fourth-order valence-electron chi connectivity index (χ4n) is 1.71. The second-order valence-electron chi connectivity index (χ2n) is 4.21. The van der Waals surface area contributed by atoms with Crippen LogP contribution in [0.5, 0.6) is 11.5 Å². The number of anilines is 2. The minimum atomic E-state index is -0.347. The molecule has 0 spiro atoms. The fraction of sp³-hybridized carbons (Fsp3) is 0.133. The van der Waals surface area contributed by atoms with Crippen molar-refractivity contribution in [3.63, 3.8) is 0 Å². The molecule has 0 saturated heterocycles. The van der Waals surface area contributed by atoms with Gasteiger partial charge in [0.1, 0.15) is 11.5 Å². The number of ether oxygens (including phenoxy) is 1. The van der Waals surface area contributed by atoms with Gasteiger partial charge in [-0.3, -0.25) is 4.90 Å². The van der Waals surface area contributed by atoms with E-state index in [9.17, 15) is 9.90 Å². The van der Waals surface area contributed by atoms with Crippen LogP contribution < -0.4 is 15.0 Å². The maximum atomic E-state index is 12.1. The first-order valence-electron chi connectivity index (χ1n) is 6.08. The zero-order valence-electron chi connectivity index (χ0n) is 11.3. The Bertz CT molecular complexity index is 599. The van der Waals surface area contributed by atoms with Crippen molar-refractivity contribution in [3.8, 4) is 11.5 Å². The summed E-state index contributed by atoms with van der Waals surface area (Å²) in [5.41, 5.74) is 1.06.